The molecule has 0 amide bonds. The third kappa shape index (κ3) is 1.09. The van der Waals surface area contributed by atoms with Crippen molar-refractivity contribution in [1.82, 2.24) is 0 Å². The Bertz CT molecular complexity index is 314. The molecule has 0 aliphatic heterocycles. The summed E-state index contributed by atoms with van der Waals surface area (Å²) >= 11 is 0. The number of nitrogen functional groups attached to an aromatic ring is 1. The van der Waals surface area contributed by atoms with E-state index in [-0.39, 0.29) is 0 Å². The molecule has 0 spiro atoms. The normalized spacial score (nSPS) is 16.0. The smallest absolute Gasteiger partial charge is 0.169 e. The highest BCUT2D eigenvalue weighted by molar-refractivity contribution is 5.85. The van der Waals surface area contributed by atoms with Crippen molar-refractivity contribution in [2.24, 2.45) is 0 Å². The first-order chi connectivity index (χ1) is 5.83. The van der Waals surface area contributed by atoms with Gasteiger partial charge in [0.15, 0.2) is 6.21 Å². The summed E-state index contributed by atoms with van der Waals surface area (Å²) in [5, 5.41) is 5.51. The minimum atomic E-state index is 0.711. The van der Waals surface area contributed by atoms with E-state index in [1.807, 2.05) is 12.1 Å². The Morgan fingerprint density at radius 3 is 2.75 bits per heavy atom. The summed E-state index contributed by atoms with van der Waals surface area (Å²) in [5.74, 6) is 0.711. The minimum Gasteiger partial charge on any atom is -0.398 e. The molecule has 1 saturated carbocycles. The molecule has 0 heterocycles. The van der Waals surface area contributed by atoms with E-state index in [9.17, 15) is 0 Å². The fourth-order valence-corrected chi connectivity index (χ4v) is 1.54. The number of hydrogen-bond donors (Lipinski definition) is 2. The average Bonchev–Trinajstić information content (AvgIpc) is 2.86. The number of hydrogen-bond acceptors (Lipinski definition) is 1. The first-order valence-electron chi connectivity index (χ1n) is 4.26. The van der Waals surface area contributed by atoms with E-state index in [0.717, 1.165) is 11.3 Å². The van der Waals surface area contributed by atoms with Gasteiger partial charge in [-0.05, 0) is 30.4 Å². The van der Waals surface area contributed by atoms with Crippen molar-refractivity contribution in [3.8, 4) is 0 Å². The summed E-state index contributed by atoms with van der Waals surface area (Å²) in [5.41, 5.74) is 8.92. The Balaban J connectivity index is 2.50. The van der Waals surface area contributed by atoms with Gasteiger partial charge in [0.05, 0.1) is 5.56 Å². The van der Waals surface area contributed by atoms with E-state index in [4.69, 9.17) is 11.1 Å². The van der Waals surface area contributed by atoms with Crippen LogP contribution in [0.3, 0.4) is 0 Å². The quantitative estimate of drug-likeness (QED) is 0.476. The van der Waals surface area contributed by atoms with Gasteiger partial charge in [-0.25, -0.2) is 0 Å². The summed E-state index contributed by atoms with van der Waals surface area (Å²) in [7, 11) is 0. The monoisotopic (exact) mass is 161 g/mol. The van der Waals surface area contributed by atoms with Gasteiger partial charge in [-0.3, -0.25) is 5.41 Å². The van der Waals surface area contributed by atoms with Crippen molar-refractivity contribution in [3.63, 3.8) is 0 Å². The molecule has 2 rings (SSSR count). The van der Waals surface area contributed by atoms with Crippen molar-refractivity contribution in [2.75, 3.05) is 5.73 Å². The molecule has 1 aromatic carbocycles. The molecule has 2 nitrogen and oxygen atoms in total. The second-order valence-corrected chi connectivity index (χ2v) is 3.29. The molecule has 1 aliphatic carbocycles. The van der Waals surface area contributed by atoms with Crippen molar-refractivity contribution < 1.29 is 5.41 Å². The van der Waals surface area contributed by atoms with Crippen LogP contribution in [-0.4, -0.2) is 6.21 Å². The lowest BCUT2D eigenvalue weighted by Crippen LogP contribution is -2.31. The molecule has 0 aromatic heterocycles. The van der Waals surface area contributed by atoms with Crippen LogP contribution < -0.4 is 11.1 Å². The Kier molecular flexibility index (Phi) is 1.61. The topological polar surface area (TPSA) is 51.6 Å². The van der Waals surface area contributed by atoms with Crippen LogP contribution in [0.15, 0.2) is 18.2 Å². The molecule has 2 heteroatoms. The first kappa shape index (κ1) is 7.35. The summed E-state index contributed by atoms with van der Waals surface area (Å²) < 4.78 is 0. The SMILES string of the molecule is Nc1cccc(C2CC2)c1C=[NH2+]. The van der Waals surface area contributed by atoms with E-state index in [0.29, 0.717) is 5.92 Å². The van der Waals surface area contributed by atoms with Gasteiger partial charge in [0, 0.05) is 5.69 Å². The number of nitrogens with two attached hydrogens (primary N) is 2. The predicted octanol–water partition coefficient (Wildman–Crippen LogP) is 0.324. The molecule has 1 aliphatic rings. The summed E-state index contributed by atoms with van der Waals surface area (Å²) in [6, 6.07) is 6.01. The maximum Gasteiger partial charge on any atom is 0.169 e. The molecule has 0 saturated heterocycles. The zero-order valence-electron chi connectivity index (χ0n) is 6.96. The van der Waals surface area contributed by atoms with E-state index in [1.165, 1.54) is 18.4 Å². The molecule has 62 valence electrons. The Labute approximate surface area is 71.9 Å². The van der Waals surface area contributed by atoms with Gasteiger partial charge in [0.1, 0.15) is 0 Å². The van der Waals surface area contributed by atoms with Crippen LogP contribution in [0.2, 0.25) is 0 Å². The van der Waals surface area contributed by atoms with Crippen molar-refractivity contribution in [1.29, 1.82) is 0 Å². The van der Waals surface area contributed by atoms with E-state index < -0.39 is 0 Å². The number of rotatable bonds is 2. The van der Waals surface area contributed by atoms with Crippen LogP contribution in [0.4, 0.5) is 5.69 Å². The summed E-state index contributed by atoms with van der Waals surface area (Å²) in [6.45, 7) is 0. The molecule has 1 aromatic rings. The van der Waals surface area contributed by atoms with Crippen LogP contribution in [0, 0.1) is 0 Å². The van der Waals surface area contributed by atoms with Gasteiger partial charge >= 0.3 is 0 Å². The second-order valence-electron chi connectivity index (χ2n) is 3.29. The van der Waals surface area contributed by atoms with Gasteiger partial charge in [0.2, 0.25) is 0 Å². The Morgan fingerprint density at radius 2 is 2.17 bits per heavy atom. The van der Waals surface area contributed by atoms with Crippen molar-refractivity contribution in [2.45, 2.75) is 18.8 Å². The highest BCUT2D eigenvalue weighted by Crippen LogP contribution is 2.42. The summed E-state index contributed by atoms with van der Waals surface area (Å²) in [4.78, 5) is 0. The van der Waals surface area contributed by atoms with Gasteiger partial charge < -0.3 is 5.73 Å². The highest BCUT2D eigenvalue weighted by atomic mass is 14.6. The standard InChI is InChI=1S/C10H12N2/c11-6-9-8(7-4-5-7)2-1-3-10(9)12/h1-3,6-7,11H,4-5,12H2/p+1. The van der Waals surface area contributed by atoms with Crippen LogP contribution in [-0.2, 0) is 0 Å². The van der Waals surface area contributed by atoms with Crippen LogP contribution >= 0.6 is 0 Å². The molecule has 0 bridgehead atoms. The average molecular weight is 161 g/mol. The van der Waals surface area contributed by atoms with Crippen molar-refractivity contribution >= 4 is 11.9 Å². The molecule has 12 heavy (non-hydrogen) atoms. The Morgan fingerprint density at radius 1 is 1.42 bits per heavy atom. The molecule has 0 radical (unpaired) electrons. The van der Waals surface area contributed by atoms with Crippen LogP contribution in [0.25, 0.3) is 0 Å². The molecule has 1 fully saturated rings. The zero-order chi connectivity index (χ0) is 8.55. The Hall–Kier alpha value is -1.31. The largest absolute Gasteiger partial charge is 0.398 e. The number of benzene rings is 1. The second kappa shape index (κ2) is 2.63. The minimum absolute atomic E-state index is 0.711. The fourth-order valence-electron chi connectivity index (χ4n) is 1.54. The lowest BCUT2D eigenvalue weighted by molar-refractivity contribution is -0.104. The van der Waals surface area contributed by atoms with Gasteiger partial charge in [-0.15, -0.1) is 0 Å². The van der Waals surface area contributed by atoms with E-state index in [1.54, 1.807) is 6.21 Å². The van der Waals surface area contributed by atoms with Gasteiger partial charge in [-0.1, -0.05) is 12.1 Å². The van der Waals surface area contributed by atoms with Crippen LogP contribution in [0.1, 0.15) is 29.9 Å². The van der Waals surface area contributed by atoms with E-state index in [2.05, 4.69) is 6.07 Å². The van der Waals surface area contributed by atoms with E-state index >= 15 is 0 Å². The molecule has 0 unspecified atom stereocenters. The van der Waals surface area contributed by atoms with Gasteiger partial charge in [0.25, 0.3) is 0 Å². The van der Waals surface area contributed by atoms with Gasteiger partial charge in [-0.2, -0.15) is 0 Å². The van der Waals surface area contributed by atoms with Crippen LogP contribution in [0.5, 0.6) is 0 Å². The third-order valence-corrected chi connectivity index (χ3v) is 2.36. The maximum absolute atomic E-state index is 5.79. The molecule has 4 N–H and O–H groups in total. The molecular formula is C10H13N2+. The highest BCUT2D eigenvalue weighted by Gasteiger charge is 2.26. The fraction of sp³-hybridized carbons (Fsp3) is 0.300. The zero-order valence-corrected chi connectivity index (χ0v) is 6.96. The van der Waals surface area contributed by atoms with Crippen molar-refractivity contribution in [3.05, 3.63) is 29.3 Å². The summed E-state index contributed by atoms with van der Waals surface area (Å²) in [6.07, 6.45) is 4.18. The molecule has 0 atom stereocenters. The predicted molar refractivity (Wildman–Crippen MR) is 49.9 cm³/mol. The lowest BCUT2D eigenvalue weighted by atomic mass is 10.0. The first-order valence-corrected chi connectivity index (χ1v) is 4.26. The molecular weight excluding hydrogens is 148 g/mol. The lowest BCUT2D eigenvalue weighted by Gasteiger charge is -2.03. The third-order valence-electron chi connectivity index (χ3n) is 2.36. The maximum atomic E-state index is 5.79. The number of anilines is 1.